The van der Waals surface area contributed by atoms with E-state index in [1.807, 2.05) is 18.2 Å². The fourth-order valence-corrected chi connectivity index (χ4v) is 4.72. The molecule has 1 amide bonds. The van der Waals surface area contributed by atoms with Crippen LogP contribution in [0.3, 0.4) is 0 Å². The van der Waals surface area contributed by atoms with Gasteiger partial charge in [0.25, 0.3) is 5.91 Å². The number of nitrogens with zero attached hydrogens (tertiary/aromatic N) is 3. The molecule has 3 aromatic rings. The Balaban J connectivity index is 1.27. The zero-order valence-corrected chi connectivity index (χ0v) is 16.4. The Labute approximate surface area is 172 Å². The molecule has 5 rings (SSSR count). The van der Waals surface area contributed by atoms with Crippen molar-refractivity contribution >= 4 is 11.4 Å². The smallest absolute Gasteiger partial charge is 0.255 e. The first-order valence-corrected chi connectivity index (χ1v) is 10.3. The quantitative estimate of drug-likeness (QED) is 0.693. The number of hydrogen-bond acceptors (Lipinski definition) is 4. The molecule has 0 radical (unpaired) electrons. The van der Waals surface area contributed by atoms with Gasteiger partial charge in [0, 0.05) is 36.9 Å². The lowest BCUT2D eigenvalue weighted by Gasteiger charge is -2.31. The largest absolute Gasteiger partial charge is 0.348 e. The number of pyridine rings is 1. The third-order valence-corrected chi connectivity index (χ3v) is 6.13. The number of amides is 1. The molecule has 6 nitrogen and oxygen atoms in total. The average molecular weight is 411 g/mol. The molecule has 2 aliphatic heterocycles. The summed E-state index contributed by atoms with van der Waals surface area (Å²) in [5.41, 5.74) is 1.71. The molecule has 0 saturated carbocycles. The van der Waals surface area contributed by atoms with Gasteiger partial charge < -0.3 is 5.32 Å². The van der Waals surface area contributed by atoms with E-state index in [0.29, 0.717) is 24.1 Å². The number of benzene rings is 1. The molecule has 0 spiro atoms. The van der Waals surface area contributed by atoms with Gasteiger partial charge in [-0.15, -0.1) is 0 Å². The molecule has 1 aromatic carbocycles. The Hall–Kier alpha value is -2.84. The number of fused-ring (bicyclic) bond motifs is 1. The second-order valence-corrected chi connectivity index (χ2v) is 7.98. The highest BCUT2D eigenvalue weighted by atomic mass is 19.1. The maximum atomic E-state index is 14.3. The van der Waals surface area contributed by atoms with Crippen molar-refractivity contribution in [2.24, 2.45) is 0 Å². The molecule has 2 saturated heterocycles. The van der Waals surface area contributed by atoms with Crippen molar-refractivity contribution in [1.29, 1.82) is 0 Å². The van der Waals surface area contributed by atoms with Gasteiger partial charge in [-0.25, -0.2) is 13.3 Å². The molecule has 30 heavy (non-hydrogen) atoms. The number of nitrogens with one attached hydrogen (secondary N) is 2. The summed E-state index contributed by atoms with van der Waals surface area (Å²) >= 11 is 0. The predicted molar refractivity (Wildman–Crippen MR) is 108 cm³/mol. The van der Waals surface area contributed by atoms with E-state index in [4.69, 9.17) is 0 Å². The minimum atomic E-state index is -0.420. The standard InChI is InChI=1S/C22H23F2N5O/c23-14-6-7-18(24)16(10-14)19-5-3-8-28(19)21-11-15(12-25-21)27-22(30)17-13-26-29-9-2-1-4-20(17)29/h1-2,4,6-7,9-10,13,15,19,21,25H,3,5,8,11-12H2,(H,27,30)/t15-,19+,21?/m0/s1. The van der Waals surface area contributed by atoms with E-state index in [1.165, 1.54) is 12.1 Å². The molecule has 1 unspecified atom stereocenters. The van der Waals surface area contributed by atoms with Crippen LogP contribution in [0.2, 0.25) is 0 Å². The van der Waals surface area contributed by atoms with Crippen molar-refractivity contribution in [2.45, 2.75) is 37.5 Å². The van der Waals surface area contributed by atoms with Crippen LogP contribution in [0.25, 0.3) is 5.52 Å². The van der Waals surface area contributed by atoms with Crippen LogP contribution >= 0.6 is 0 Å². The molecular formula is C22H23F2N5O. The monoisotopic (exact) mass is 411 g/mol. The van der Waals surface area contributed by atoms with Crippen LogP contribution in [0.1, 0.15) is 41.2 Å². The highest BCUT2D eigenvalue weighted by Gasteiger charge is 2.37. The van der Waals surface area contributed by atoms with Gasteiger partial charge in [0.05, 0.1) is 23.4 Å². The van der Waals surface area contributed by atoms with Crippen LogP contribution in [-0.2, 0) is 0 Å². The van der Waals surface area contributed by atoms with Crippen LogP contribution in [0.5, 0.6) is 0 Å². The van der Waals surface area contributed by atoms with E-state index in [9.17, 15) is 13.6 Å². The highest BCUT2D eigenvalue weighted by molar-refractivity contribution is 6.00. The van der Waals surface area contributed by atoms with Crippen LogP contribution in [0, 0.1) is 11.6 Å². The van der Waals surface area contributed by atoms with Crippen molar-refractivity contribution < 1.29 is 13.6 Å². The summed E-state index contributed by atoms with van der Waals surface area (Å²) < 4.78 is 29.7. The van der Waals surface area contributed by atoms with Crippen LogP contribution in [0.15, 0.2) is 48.8 Å². The van der Waals surface area contributed by atoms with E-state index < -0.39 is 5.82 Å². The van der Waals surface area contributed by atoms with Crippen LogP contribution in [-0.4, -0.2) is 45.7 Å². The number of carbonyl (C=O) groups is 1. The molecular weight excluding hydrogens is 388 g/mol. The summed E-state index contributed by atoms with van der Waals surface area (Å²) in [7, 11) is 0. The number of rotatable bonds is 4. The van der Waals surface area contributed by atoms with Crippen molar-refractivity contribution in [3.8, 4) is 0 Å². The third-order valence-electron chi connectivity index (χ3n) is 6.13. The summed E-state index contributed by atoms with van der Waals surface area (Å²) in [6.45, 7) is 1.44. The zero-order chi connectivity index (χ0) is 20.7. The maximum Gasteiger partial charge on any atom is 0.255 e. The fraction of sp³-hybridized carbons (Fsp3) is 0.364. The second kappa shape index (κ2) is 7.77. The first-order valence-electron chi connectivity index (χ1n) is 10.3. The van der Waals surface area contributed by atoms with Gasteiger partial charge in [-0.05, 0) is 49.6 Å². The molecule has 3 atom stereocenters. The van der Waals surface area contributed by atoms with E-state index in [1.54, 1.807) is 16.9 Å². The summed E-state index contributed by atoms with van der Waals surface area (Å²) in [4.78, 5) is 15.0. The molecule has 2 fully saturated rings. The maximum absolute atomic E-state index is 14.3. The van der Waals surface area contributed by atoms with Crippen LogP contribution < -0.4 is 10.6 Å². The minimum absolute atomic E-state index is 0.00868. The first kappa shape index (κ1) is 19.1. The van der Waals surface area contributed by atoms with Crippen LogP contribution in [0.4, 0.5) is 8.78 Å². The van der Waals surface area contributed by atoms with Gasteiger partial charge in [-0.1, -0.05) is 6.07 Å². The van der Waals surface area contributed by atoms with Gasteiger partial charge >= 0.3 is 0 Å². The predicted octanol–water partition coefficient (Wildman–Crippen LogP) is 2.87. The van der Waals surface area contributed by atoms with Gasteiger partial charge in [0.1, 0.15) is 11.6 Å². The Morgan fingerprint density at radius 1 is 1.23 bits per heavy atom. The molecule has 0 aliphatic carbocycles. The molecule has 0 bridgehead atoms. The number of aromatic nitrogens is 2. The topological polar surface area (TPSA) is 61.7 Å². The number of likely N-dealkylation sites (tertiary alicyclic amines) is 1. The van der Waals surface area contributed by atoms with E-state index in [-0.39, 0.29) is 30.0 Å². The van der Waals surface area contributed by atoms with Crippen molar-refractivity contribution in [1.82, 2.24) is 25.1 Å². The normalized spacial score (nSPS) is 24.5. The molecule has 8 heteroatoms. The SMILES string of the molecule is O=C(N[C@@H]1CNC(N2CCC[C@@H]2c2cc(F)ccc2F)C1)c1cnn2ccccc12. The van der Waals surface area contributed by atoms with Crippen molar-refractivity contribution in [3.05, 3.63) is 71.6 Å². The summed E-state index contributed by atoms with van der Waals surface area (Å²) in [5.74, 6) is -0.946. The average Bonchev–Trinajstić information content (AvgIpc) is 3.48. The first-order chi connectivity index (χ1) is 14.6. The summed E-state index contributed by atoms with van der Waals surface area (Å²) in [6.07, 6.45) is 5.81. The van der Waals surface area contributed by atoms with Crippen molar-refractivity contribution in [2.75, 3.05) is 13.1 Å². The second-order valence-electron chi connectivity index (χ2n) is 7.98. The van der Waals surface area contributed by atoms with E-state index >= 15 is 0 Å². The van der Waals surface area contributed by atoms with Gasteiger partial charge in [0.2, 0.25) is 0 Å². The lowest BCUT2D eigenvalue weighted by molar-refractivity contribution is 0.0938. The number of carbonyl (C=O) groups excluding carboxylic acids is 1. The summed E-state index contributed by atoms with van der Waals surface area (Å²) in [5, 5.41) is 10.7. The van der Waals surface area contributed by atoms with E-state index in [0.717, 1.165) is 31.0 Å². The Kier molecular flexibility index (Phi) is 4.96. The Morgan fingerprint density at radius 3 is 3.03 bits per heavy atom. The zero-order valence-electron chi connectivity index (χ0n) is 16.4. The lowest BCUT2D eigenvalue weighted by Crippen LogP contribution is -2.41. The molecule has 2 aliphatic rings. The number of hydrogen-bond donors (Lipinski definition) is 2. The highest BCUT2D eigenvalue weighted by Crippen LogP contribution is 2.36. The molecule has 2 N–H and O–H groups in total. The summed E-state index contributed by atoms with van der Waals surface area (Å²) in [6, 6.07) is 9.05. The Morgan fingerprint density at radius 2 is 2.13 bits per heavy atom. The number of halogens is 2. The van der Waals surface area contributed by atoms with Gasteiger partial charge in [-0.2, -0.15) is 5.10 Å². The Bertz CT molecular complexity index is 1080. The van der Waals surface area contributed by atoms with E-state index in [2.05, 4.69) is 20.6 Å². The fourth-order valence-electron chi connectivity index (χ4n) is 4.72. The van der Waals surface area contributed by atoms with Crippen molar-refractivity contribution in [3.63, 3.8) is 0 Å². The minimum Gasteiger partial charge on any atom is -0.348 e. The van der Waals surface area contributed by atoms with Gasteiger partial charge in [0.15, 0.2) is 0 Å². The molecule has 4 heterocycles. The molecule has 2 aromatic heterocycles. The van der Waals surface area contributed by atoms with Gasteiger partial charge in [-0.3, -0.25) is 15.0 Å². The molecule has 156 valence electrons. The lowest BCUT2D eigenvalue weighted by atomic mass is 10.0. The third kappa shape index (κ3) is 3.46.